The van der Waals surface area contributed by atoms with Gasteiger partial charge in [-0.25, -0.2) is 23.7 Å². The van der Waals surface area contributed by atoms with E-state index in [1.165, 1.54) is 94.5 Å². The molecule has 2 amide bonds. The number of rotatable bonds is 60. The summed E-state index contributed by atoms with van der Waals surface area (Å²) in [4.78, 5) is 101. The lowest BCUT2D eigenvalue weighted by Gasteiger charge is -2.47. The van der Waals surface area contributed by atoms with Crippen molar-refractivity contribution in [2.45, 2.75) is 354 Å². The van der Waals surface area contributed by atoms with E-state index in [0.717, 1.165) is 122 Å². The van der Waals surface area contributed by atoms with Crippen LogP contribution in [0.1, 0.15) is 258 Å². The Kier molecular flexibility index (Phi) is 54.9. The number of hydrogen-bond donors (Lipinski definition) is 3. The van der Waals surface area contributed by atoms with Crippen LogP contribution in [0.15, 0.2) is 91.0 Å². The molecule has 0 spiro atoms. The van der Waals surface area contributed by atoms with E-state index in [2.05, 4.69) is 31.4 Å². The van der Waals surface area contributed by atoms with E-state index in [1.807, 2.05) is 0 Å². The zero-order valence-corrected chi connectivity index (χ0v) is 82.6. The minimum absolute atomic E-state index is 0.0261. The van der Waals surface area contributed by atoms with Crippen molar-refractivity contribution in [1.29, 1.82) is 0 Å². The van der Waals surface area contributed by atoms with Crippen LogP contribution in [-0.2, 0) is 91.7 Å². The minimum atomic E-state index is -5.36. The first-order valence-corrected chi connectivity index (χ1v) is 49.7. The van der Waals surface area contributed by atoms with Crippen molar-refractivity contribution in [3.8, 4) is 11.5 Å². The van der Waals surface area contributed by atoms with E-state index in [0.29, 0.717) is 37.7 Å². The van der Waals surface area contributed by atoms with E-state index >= 15 is 9.36 Å². The van der Waals surface area contributed by atoms with Gasteiger partial charge in [0, 0.05) is 6.42 Å². The Morgan fingerprint density at radius 3 is 1.35 bits per heavy atom. The number of alkyl halides is 12. The number of ether oxygens (including phenoxy) is 13. The van der Waals surface area contributed by atoms with Gasteiger partial charge in [0.1, 0.15) is 86.6 Å². The molecule has 0 aromatic heterocycles. The smallest absolute Gasteiger partial charge is 0.462 e. The quantitative estimate of drug-likeness (QED) is 0.0155. The number of carbonyl (C=O) groups is 7. The number of aliphatic hydroxyl groups excluding tert-OH is 1. The highest BCUT2D eigenvalue weighted by Crippen LogP contribution is 2.53. The summed E-state index contributed by atoms with van der Waals surface area (Å²) in [5.74, 6) is -2.87. The van der Waals surface area contributed by atoms with Gasteiger partial charge >= 0.3 is 44.3 Å². The molecule has 0 radical (unpaired) electrons. The highest BCUT2D eigenvalue weighted by atomic mass is 35.6. The van der Waals surface area contributed by atoms with Crippen LogP contribution >= 0.6 is 147 Å². The van der Waals surface area contributed by atoms with Crippen LogP contribution < -0.4 is 19.7 Å². The number of esters is 2. The first-order chi connectivity index (χ1) is 60.3. The van der Waals surface area contributed by atoms with Crippen LogP contribution in [0, 0.1) is 0 Å². The fraction of sp³-hybridized carbons (Fsp3) is 0.713. The maximum atomic E-state index is 16.1. The first kappa shape index (κ1) is 114. The predicted octanol–water partition coefficient (Wildman–Crippen LogP) is 24.9. The molecule has 2 saturated heterocycles. The van der Waals surface area contributed by atoms with Gasteiger partial charge in [-0.2, -0.15) is 0 Å². The molecule has 27 nitrogen and oxygen atoms in total. The van der Waals surface area contributed by atoms with Gasteiger partial charge in [-0.15, -0.1) is 0 Å². The molecule has 5 rings (SSSR count). The molecular formula is C87H125Cl12N2O25P. The van der Waals surface area contributed by atoms with E-state index in [4.69, 9.17) is 214 Å². The number of para-hydroxylation sites is 2. The Morgan fingerprint density at radius 2 is 0.866 bits per heavy atom. The Balaban J connectivity index is 1.70. The van der Waals surface area contributed by atoms with Gasteiger partial charge in [0.2, 0.25) is 21.1 Å². The number of carbonyl (C=O) groups excluding carboxylic acids is 7. The second-order valence-corrected chi connectivity index (χ2v) is 43.1. The summed E-state index contributed by atoms with van der Waals surface area (Å²) in [7, 11) is -5.36. The SMILES string of the molecule is CCCCCCCCCCCCCC(=O)O[C@H](CCCCCCCCCCC)CC(=O)O[C@@H]1[C@@H](NC(=O)OCC(Cl)(Cl)Cl)[C@H](OC[C@H]2O[C@@H](OCc3ccccc3)[C@H](NC(=O)C[C@@H](CCCCCCCCCCC)OC(=O)OCC(Cl)(Cl)Cl)[C@@H](OC(=O)OCC(Cl)(Cl)Cl)[C@@H]2O)O[C@H](COC(=O)OC(C)(C)C(Cl)(Cl)Cl)[C@H]1OP(=O)(Oc1ccccc1)Oc1ccccc1. The molecule has 2 heterocycles. The lowest BCUT2D eigenvalue weighted by Crippen LogP contribution is -2.68. The monoisotopic (exact) mass is 2050 g/mol. The molecule has 127 heavy (non-hydrogen) atoms. The molecule has 722 valence electrons. The fourth-order valence-corrected chi connectivity index (χ4v) is 15.7. The van der Waals surface area contributed by atoms with Crippen molar-refractivity contribution in [1.82, 2.24) is 10.6 Å². The summed E-state index contributed by atoms with van der Waals surface area (Å²) in [5, 5.41) is 18.2. The van der Waals surface area contributed by atoms with E-state index in [-0.39, 0.29) is 37.4 Å². The fourth-order valence-electron chi connectivity index (χ4n) is 13.6. The summed E-state index contributed by atoms with van der Waals surface area (Å²) in [6.07, 6.45) is 2.30. The van der Waals surface area contributed by atoms with Crippen LogP contribution in [0.2, 0.25) is 0 Å². The largest absolute Gasteiger partial charge is 0.588 e. The lowest BCUT2D eigenvalue weighted by molar-refractivity contribution is -0.305. The number of hydrogen-bond acceptors (Lipinski definition) is 25. The highest BCUT2D eigenvalue weighted by Gasteiger charge is 2.57. The molecule has 12 atom stereocenters. The van der Waals surface area contributed by atoms with Crippen molar-refractivity contribution in [3.05, 3.63) is 96.6 Å². The Labute approximate surface area is 807 Å². The molecule has 0 bridgehead atoms. The third-order valence-electron chi connectivity index (χ3n) is 20.4. The van der Waals surface area contributed by atoms with Crippen molar-refractivity contribution in [3.63, 3.8) is 0 Å². The van der Waals surface area contributed by atoms with Crippen LogP contribution in [0.5, 0.6) is 11.5 Å². The van der Waals surface area contributed by atoms with Crippen LogP contribution in [-0.4, -0.2) is 175 Å². The lowest BCUT2D eigenvalue weighted by atomic mass is 9.95. The molecule has 0 unspecified atom stereocenters. The number of unbranched alkanes of at least 4 members (excludes halogenated alkanes) is 26. The van der Waals surface area contributed by atoms with Crippen LogP contribution in [0.25, 0.3) is 0 Å². The van der Waals surface area contributed by atoms with E-state index < -0.39 is 190 Å². The van der Waals surface area contributed by atoms with Crippen molar-refractivity contribution >= 4 is 189 Å². The summed E-state index contributed by atoms with van der Waals surface area (Å²) < 4.78 is 104. The van der Waals surface area contributed by atoms with Gasteiger partial charge in [0.15, 0.2) is 30.4 Å². The van der Waals surface area contributed by atoms with Gasteiger partial charge < -0.3 is 86.4 Å². The molecular weight excluding hydrogens is 1930 g/mol. The summed E-state index contributed by atoms with van der Waals surface area (Å²) in [6, 6.07) is 19.7. The van der Waals surface area contributed by atoms with Gasteiger partial charge in [-0.05, 0) is 75.8 Å². The maximum absolute atomic E-state index is 16.1. The molecule has 2 aliphatic heterocycles. The number of aliphatic hydroxyl groups is 1. The molecule has 40 heteroatoms. The maximum Gasteiger partial charge on any atom is 0.588 e. The molecule has 0 saturated carbocycles. The van der Waals surface area contributed by atoms with E-state index in [1.54, 1.807) is 42.5 Å². The summed E-state index contributed by atoms with van der Waals surface area (Å²) in [5.41, 5.74) is -1.41. The van der Waals surface area contributed by atoms with Gasteiger partial charge in [-0.3, -0.25) is 18.9 Å². The number of phosphoric acid groups is 1. The van der Waals surface area contributed by atoms with Crippen molar-refractivity contribution < 1.29 is 118 Å². The second-order valence-electron chi connectivity index (χ2n) is 31.8. The van der Waals surface area contributed by atoms with Gasteiger partial charge in [-0.1, -0.05) is 394 Å². The third kappa shape index (κ3) is 49.3. The normalized spacial score (nSPS) is 19.8. The number of amides is 2. The summed E-state index contributed by atoms with van der Waals surface area (Å²) >= 11 is 73.2. The molecule has 2 fully saturated rings. The average molecular weight is 2060 g/mol. The Bertz CT molecular complexity index is 3610. The second kappa shape index (κ2) is 61.3. The number of phosphoric ester groups is 1. The van der Waals surface area contributed by atoms with Crippen molar-refractivity contribution in [2.24, 2.45) is 0 Å². The molecule has 0 aliphatic carbocycles. The highest BCUT2D eigenvalue weighted by molar-refractivity contribution is 7.49. The number of benzene rings is 3. The molecule has 3 aromatic rings. The van der Waals surface area contributed by atoms with Crippen LogP contribution in [0.4, 0.5) is 19.2 Å². The van der Waals surface area contributed by atoms with Crippen LogP contribution in [0.3, 0.4) is 0 Å². The zero-order chi connectivity index (χ0) is 93.3. The first-order valence-electron chi connectivity index (χ1n) is 43.7. The molecule has 2 aliphatic rings. The topological polar surface area (TPSA) is 329 Å². The average Bonchev–Trinajstić information content (AvgIpc) is 0.770. The van der Waals surface area contributed by atoms with Gasteiger partial charge in [0.25, 0.3) is 0 Å². The Morgan fingerprint density at radius 1 is 0.441 bits per heavy atom. The Hall–Kier alpha value is -3.78. The third-order valence-corrected chi connectivity index (χ3v) is 24.1. The molecule has 3 aromatic carbocycles. The van der Waals surface area contributed by atoms with Gasteiger partial charge in [0.05, 0.1) is 26.1 Å². The summed E-state index contributed by atoms with van der Waals surface area (Å²) in [6.45, 7) is 3.96. The molecule has 3 N–H and O–H groups in total. The minimum Gasteiger partial charge on any atom is -0.462 e. The number of halogens is 12. The van der Waals surface area contributed by atoms with Crippen molar-refractivity contribution in [2.75, 3.05) is 33.0 Å². The standard InChI is InChI=1S/C87H125Cl12N2O25P/c1-6-9-12-15-18-21-22-25-28-31-43-52-69(103)117-65(51-38-30-27-24-20-17-14-11-8-3)54-70(104)121-76-72(101-79(106)114-58-84(88,89)90)78(120-67(57-113-82(109)123-83(4,5)87(97,98)99)74(76)126-127(110,124-62-46-39-33-40-47-62)125-63-48-41-34-42-49-63)112-56-66-73(105)75(122-81(108)116-60-86(94,95)96)71(77(119-66)111-55-61-44-35-32-36-45-61)100-68(102)53-64(118-80(107)115-59-85(91,92)93)50-37-29-26-23-19-16-13-10-7-2/h32-36,39-42,44-49,64-67,71-78,105H,6-31,37-38,43,50-60H2,1-5H3,(H,100,102)(H,101,106)/t64-,65-,66-,67-,71-,72-,73-,74-,75-,76-,77-,78-/m1/s1. The number of nitrogens with one attached hydrogen (secondary N) is 2. The van der Waals surface area contributed by atoms with E-state index in [9.17, 15) is 33.9 Å². The predicted molar refractivity (Wildman–Crippen MR) is 491 cm³/mol. The number of alkyl carbamates (subject to hydrolysis) is 1. The zero-order valence-electron chi connectivity index (χ0n) is 72.6.